The lowest BCUT2D eigenvalue weighted by molar-refractivity contribution is 0.833. The van der Waals surface area contributed by atoms with Crippen LogP contribution < -0.4 is 5.73 Å². The standard InChI is InChI=1S/C13H17N3/c1-8(2)12-7-15-13(16-12)10-6-9(3)4-5-11(10)14/h4-8H,14H2,1-3H3,(H,15,16). The van der Waals surface area contributed by atoms with E-state index in [9.17, 15) is 0 Å². The van der Waals surface area contributed by atoms with Crippen LogP contribution in [0.15, 0.2) is 24.4 Å². The first-order chi connectivity index (χ1) is 7.58. The van der Waals surface area contributed by atoms with E-state index < -0.39 is 0 Å². The van der Waals surface area contributed by atoms with Gasteiger partial charge in [0.25, 0.3) is 0 Å². The van der Waals surface area contributed by atoms with Crippen LogP contribution in [0.5, 0.6) is 0 Å². The van der Waals surface area contributed by atoms with Gasteiger partial charge in [-0.25, -0.2) is 4.98 Å². The molecule has 0 saturated heterocycles. The summed E-state index contributed by atoms with van der Waals surface area (Å²) in [4.78, 5) is 7.68. The lowest BCUT2D eigenvalue weighted by Crippen LogP contribution is -1.93. The summed E-state index contributed by atoms with van der Waals surface area (Å²) in [6.45, 7) is 6.32. The first kappa shape index (κ1) is 10.7. The van der Waals surface area contributed by atoms with Gasteiger partial charge in [0, 0.05) is 23.1 Å². The summed E-state index contributed by atoms with van der Waals surface area (Å²) < 4.78 is 0. The molecule has 0 aliphatic heterocycles. The van der Waals surface area contributed by atoms with Crippen LogP contribution in [0.4, 0.5) is 5.69 Å². The number of H-pyrrole nitrogens is 1. The van der Waals surface area contributed by atoms with E-state index in [0.717, 1.165) is 22.8 Å². The minimum atomic E-state index is 0.451. The van der Waals surface area contributed by atoms with Gasteiger partial charge in [0.1, 0.15) is 5.82 Å². The van der Waals surface area contributed by atoms with Crippen molar-refractivity contribution in [3.8, 4) is 11.4 Å². The average molecular weight is 215 g/mol. The van der Waals surface area contributed by atoms with Crippen LogP contribution in [0, 0.1) is 6.92 Å². The van der Waals surface area contributed by atoms with Crippen molar-refractivity contribution in [2.24, 2.45) is 0 Å². The highest BCUT2D eigenvalue weighted by atomic mass is 14.9. The molecule has 0 radical (unpaired) electrons. The Hall–Kier alpha value is -1.77. The van der Waals surface area contributed by atoms with Crippen molar-refractivity contribution in [1.29, 1.82) is 0 Å². The van der Waals surface area contributed by atoms with Gasteiger partial charge >= 0.3 is 0 Å². The summed E-state index contributed by atoms with van der Waals surface area (Å²) in [7, 11) is 0. The number of nitrogens with two attached hydrogens (primary N) is 1. The number of aryl methyl sites for hydroxylation is 1. The second-order valence-electron chi connectivity index (χ2n) is 4.43. The fourth-order valence-corrected chi connectivity index (χ4v) is 1.64. The third-order valence-electron chi connectivity index (χ3n) is 2.68. The Morgan fingerprint density at radius 1 is 1.31 bits per heavy atom. The van der Waals surface area contributed by atoms with E-state index in [1.165, 1.54) is 5.56 Å². The lowest BCUT2D eigenvalue weighted by Gasteiger charge is -2.04. The summed E-state index contributed by atoms with van der Waals surface area (Å²) in [5, 5.41) is 0. The maximum Gasteiger partial charge on any atom is 0.139 e. The second-order valence-corrected chi connectivity index (χ2v) is 4.43. The van der Waals surface area contributed by atoms with E-state index in [-0.39, 0.29) is 0 Å². The van der Waals surface area contributed by atoms with Crippen LogP contribution in [0.3, 0.4) is 0 Å². The molecule has 1 aromatic carbocycles. The van der Waals surface area contributed by atoms with Crippen molar-refractivity contribution < 1.29 is 0 Å². The predicted molar refractivity (Wildman–Crippen MR) is 67.3 cm³/mol. The zero-order valence-electron chi connectivity index (χ0n) is 9.91. The molecule has 0 amide bonds. The molecule has 3 nitrogen and oxygen atoms in total. The van der Waals surface area contributed by atoms with Crippen molar-refractivity contribution in [2.45, 2.75) is 26.7 Å². The molecule has 84 valence electrons. The maximum atomic E-state index is 5.95. The molecule has 2 rings (SSSR count). The zero-order valence-corrected chi connectivity index (χ0v) is 9.91. The molecule has 2 aromatic rings. The first-order valence-corrected chi connectivity index (χ1v) is 5.49. The molecular formula is C13H17N3. The van der Waals surface area contributed by atoms with Gasteiger partial charge in [-0.15, -0.1) is 0 Å². The number of nitrogens with one attached hydrogen (secondary N) is 1. The third-order valence-corrected chi connectivity index (χ3v) is 2.68. The van der Waals surface area contributed by atoms with Crippen molar-refractivity contribution in [3.05, 3.63) is 35.7 Å². The number of rotatable bonds is 2. The van der Waals surface area contributed by atoms with Crippen LogP contribution >= 0.6 is 0 Å². The maximum absolute atomic E-state index is 5.95. The number of hydrogen-bond acceptors (Lipinski definition) is 2. The summed E-state index contributed by atoms with van der Waals surface area (Å²) in [5.74, 6) is 1.30. The third kappa shape index (κ3) is 1.94. The highest BCUT2D eigenvalue weighted by molar-refractivity contribution is 5.72. The van der Waals surface area contributed by atoms with E-state index in [1.54, 1.807) is 0 Å². The molecule has 0 fully saturated rings. The van der Waals surface area contributed by atoms with Crippen LogP contribution in [0.1, 0.15) is 31.0 Å². The van der Waals surface area contributed by atoms with Gasteiger partial charge in [0.15, 0.2) is 0 Å². The molecule has 0 unspecified atom stereocenters. The summed E-state index contributed by atoms with van der Waals surface area (Å²) in [5.41, 5.74) is 10.0. The summed E-state index contributed by atoms with van der Waals surface area (Å²) in [6, 6.07) is 5.98. The van der Waals surface area contributed by atoms with Gasteiger partial charge in [-0.2, -0.15) is 0 Å². The van der Waals surface area contributed by atoms with E-state index in [1.807, 2.05) is 18.3 Å². The monoisotopic (exact) mass is 215 g/mol. The Morgan fingerprint density at radius 2 is 2.06 bits per heavy atom. The fraction of sp³-hybridized carbons (Fsp3) is 0.308. The Kier molecular flexibility index (Phi) is 2.69. The van der Waals surface area contributed by atoms with Crippen LogP contribution in [-0.4, -0.2) is 9.97 Å². The van der Waals surface area contributed by atoms with Crippen molar-refractivity contribution in [1.82, 2.24) is 9.97 Å². The van der Waals surface area contributed by atoms with Crippen molar-refractivity contribution in [2.75, 3.05) is 5.73 Å². The predicted octanol–water partition coefficient (Wildman–Crippen LogP) is 3.09. The smallest absolute Gasteiger partial charge is 0.139 e. The van der Waals surface area contributed by atoms with E-state index >= 15 is 0 Å². The van der Waals surface area contributed by atoms with E-state index in [2.05, 4.69) is 36.8 Å². The molecular weight excluding hydrogens is 198 g/mol. The minimum Gasteiger partial charge on any atom is -0.398 e. The number of imidazole rings is 1. The molecule has 0 aliphatic rings. The Labute approximate surface area is 95.7 Å². The van der Waals surface area contributed by atoms with E-state index in [0.29, 0.717) is 5.92 Å². The fourth-order valence-electron chi connectivity index (χ4n) is 1.64. The number of aromatic nitrogens is 2. The lowest BCUT2D eigenvalue weighted by atomic mass is 10.1. The van der Waals surface area contributed by atoms with E-state index in [4.69, 9.17) is 5.73 Å². The molecule has 16 heavy (non-hydrogen) atoms. The summed E-state index contributed by atoms with van der Waals surface area (Å²) >= 11 is 0. The highest BCUT2D eigenvalue weighted by Crippen LogP contribution is 2.25. The van der Waals surface area contributed by atoms with Gasteiger partial charge in [0.2, 0.25) is 0 Å². The van der Waals surface area contributed by atoms with Gasteiger partial charge in [-0.05, 0) is 25.0 Å². The molecule has 0 aliphatic carbocycles. The Balaban J connectivity index is 2.46. The van der Waals surface area contributed by atoms with Crippen molar-refractivity contribution >= 4 is 5.69 Å². The van der Waals surface area contributed by atoms with Gasteiger partial charge < -0.3 is 10.7 Å². The van der Waals surface area contributed by atoms with Crippen molar-refractivity contribution in [3.63, 3.8) is 0 Å². The molecule has 3 N–H and O–H groups in total. The molecule has 1 heterocycles. The quantitative estimate of drug-likeness (QED) is 0.756. The number of aromatic amines is 1. The molecule has 1 aromatic heterocycles. The Morgan fingerprint density at radius 3 is 2.69 bits per heavy atom. The normalized spacial score (nSPS) is 11.0. The largest absolute Gasteiger partial charge is 0.398 e. The molecule has 0 saturated carbocycles. The molecule has 0 atom stereocenters. The van der Waals surface area contributed by atoms with Gasteiger partial charge in [-0.3, -0.25) is 0 Å². The Bertz CT molecular complexity index is 498. The number of anilines is 1. The molecule has 0 spiro atoms. The molecule has 3 heteroatoms. The SMILES string of the molecule is Cc1ccc(N)c(-c2ncc(C(C)C)[nH]2)c1. The van der Waals surface area contributed by atoms with Crippen LogP contribution in [0.2, 0.25) is 0 Å². The summed E-state index contributed by atoms with van der Waals surface area (Å²) in [6.07, 6.45) is 1.88. The van der Waals surface area contributed by atoms with Crippen LogP contribution in [-0.2, 0) is 0 Å². The number of nitrogens with zero attached hydrogens (tertiary/aromatic N) is 1. The minimum absolute atomic E-state index is 0.451. The second kappa shape index (κ2) is 4.00. The zero-order chi connectivity index (χ0) is 11.7. The van der Waals surface area contributed by atoms with Gasteiger partial charge in [-0.1, -0.05) is 25.5 Å². The highest BCUT2D eigenvalue weighted by Gasteiger charge is 2.08. The number of hydrogen-bond donors (Lipinski definition) is 2. The first-order valence-electron chi connectivity index (χ1n) is 5.49. The average Bonchev–Trinajstić information content (AvgIpc) is 2.70. The number of benzene rings is 1. The molecule has 0 bridgehead atoms. The topological polar surface area (TPSA) is 54.7 Å². The van der Waals surface area contributed by atoms with Gasteiger partial charge in [0.05, 0.1) is 0 Å². The number of nitrogen functional groups attached to an aromatic ring is 1. The van der Waals surface area contributed by atoms with Crippen LogP contribution in [0.25, 0.3) is 11.4 Å².